The molecule has 20 heavy (non-hydrogen) atoms. The number of hydrogen-bond donors (Lipinski definition) is 1. The summed E-state index contributed by atoms with van der Waals surface area (Å²) in [6.45, 7) is 10.1. The normalized spacial score (nSPS) is 10.8. The molecule has 2 aromatic heterocycles. The molecule has 0 aliphatic rings. The van der Waals surface area contributed by atoms with E-state index in [0.717, 1.165) is 48.2 Å². The molecule has 2 heterocycles. The largest absolute Gasteiger partial charge is 0.369 e. The maximum atomic E-state index is 4.69. The van der Waals surface area contributed by atoms with Crippen LogP contribution in [-0.2, 0) is 13.0 Å². The molecule has 0 saturated carbocycles. The highest BCUT2D eigenvalue weighted by Crippen LogP contribution is 2.17. The van der Waals surface area contributed by atoms with E-state index in [1.807, 2.05) is 26.2 Å². The number of nitrogens with zero attached hydrogens (tertiary/aromatic N) is 4. The molecule has 0 bridgehead atoms. The molecular formula is C15H23N5. The number of hydrogen-bond acceptors (Lipinski definition) is 4. The second kappa shape index (κ2) is 6.50. The third-order valence-electron chi connectivity index (χ3n) is 3.32. The van der Waals surface area contributed by atoms with Crippen LogP contribution in [0.25, 0.3) is 0 Å². The lowest BCUT2D eigenvalue weighted by Gasteiger charge is -2.12. The predicted octanol–water partition coefficient (Wildman–Crippen LogP) is 2.72. The summed E-state index contributed by atoms with van der Waals surface area (Å²) in [7, 11) is 0. The van der Waals surface area contributed by atoms with Gasteiger partial charge in [0.15, 0.2) is 0 Å². The highest BCUT2D eigenvalue weighted by molar-refractivity contribution is 5.43. The SMILES string of the molecule is CCCn1ccnc1Cc1nc(C)c(C)nc1NCC. The van der Waals surface area contributed by atoms with Crippen LogP contribution in [-0.4, -0.2) is 26.1 Å². The first kappa shape index (κ1) is 14.5. The minimum atomic E-state index is 0.712. The van der Waals surface area contributed by atoms with Gasteiger partial charge < -0.3 is 9.88 Å². The second-order valence-corrected chi connectivity index (χ2v) is 4.93. The van der Waals surface area contributed by atoms with Crippen molar-refractivity contribution in [1.82, 2.24) is 19.5 Å². The van der Waals surface area contributed by atoms with Crippen LogP contribution in [0, 0.1) is 13.8 Å². The minimum absolute atomic E-state index is 0.712. The summed E-state index contributed by atoms with van der Waals surface area (Å²) in [6.07, 6.45) is 5.69. The Labute approximate surface area is 120 Å². The van der Waals surface area contributed by atoms with Crippen molar-refractivity contribution in [2.24, 2.45) is 0 Å². The second-order valence-electron chi connectivity index (χ2n) is 4.93. The summed E-state index contributed by atoms with van der Waals surface area (Å²) in [4.78, 5) is 13.7. The van der Waals surface area contributed by atoms with Gasteiger partial charge in [-0.3, -0.25) is 4.98 Å². The predicted molar refractivity (Wildman–Crippen MR) is 81.0 cm³/mol. The van der Waals surface area contributed by atoms with E-state index in [2.05, 4.69) is 38.7 Å². The van der Waals surface area contributed by atoms with Crippen molar-refractivity contribution in [2.75, 3.05) is 11.9 Å². The molecule has 1 N–H and O–H groups in total. The minimum Gasteiger partial charge on any atom is -0.369 e. The Morgan fingerprint density at radius 3 is 2.60 bits per heavy atom. The lowest BCUT2D eigenvalue weighted by atomic mass is 10.2. The van der Waals surface area contributed by atoms with Crippen LogP contribution < -0.4 is 5.32 Å². The van der Waals surface area contributed by atoms with E-state index in [0.29, 0.717) is 6.42 Å². The molecule has 0 aliphatic heterocycles. The summed E-state index contributed by atoms with van der Waals surface area (Å²) < 4.78 is 2.19. The van der Waals surface area contributed by atoms with Crippen molar-refractivity contribution in [2.45, 2.75) is 47.1 Å². The average molecular weight is 273 g/mol. The first-order valence-corrected chi connectivity index (χ1v) is 7.23. The van der Waals surface area contributed by atoms with Crippen molar-refractivity contribution in [3.05, 3.63) is 35.3 Å². The smallest absolute Gasteiger partial charge is 0.148 e. The Hall–Kier alpha value is -1.91. The molecule has 2 aromatic rings. The van der Waals surface area contributed by atoms with E-state index in [4.69, 9.17) is 0 Å². The summed E-state index contributed by atoms with van der Waals surface area (Å²) in [5.41, 5.74) is 2.93. The summed E-state index contributed by atoms with van der Waals surface area (Å²) in [6, 6.07) is 0. The molecule has 0 aliphatic carbocycles. The molecule has 108 valence electrons. The monoisotopic (exact) mass is 273 g/mol. The zero-order chi connectivity index (χ0) is 14.5. The van der Waals surface area contributed by atoms with Gasteiger partial charge >= 0.3 is 0 Å². The number of imidazole rings is 1. The molecule has 2 rings (SSSR count). The summed E-state index contributed by atoms with van der Waals surface area (Å²) in [5.74, 6) is 1.92. The molecule has 0 atom stereocenters. The van der Waals surface area contributed by atoms with Gasteiger partial charge in [0, 0.05) is 25.5 Å². The molecule has 0 unspecified atom stereocenters. The van der Waals surface area contributed by atoms with E-state index in [9.17, 15) is 0 Å². The van der Waals surface area contributed by atoms with Crippen LogP contribution in [0.2, 0.25) is 0 Å². The van der Waals surface area contributed by atoms with Gasteiger partial charge in [-0.1, -0.05) is 6.92 Å². The number of aromatic nitrogens is 4. The Morgan fingerprint density at radius 1 is 1.15 bits per heavy atom. The van der Waals surface area contributed by atoms with Crippen molar-refractivity contribution >= 4 is 5.82 Å². The van der Waals surface area contributed by atoms with Gasteiger partial charge in [0.1, 0.15) is 11.6 Å². The van der Waals surface area contributed by atoms with Gasteiger partial charge in [-0.2, -0.15) is 0 Å². The maximum Gasteiger partial charge on any atom is 0.148 e. The lowest BCUT2D eigenvalue weighted by molar-refractivity contribution is 0.644. The van der Waals surface area contributed by atoms with Gasteiger partial charge in [0.25, 0.3) is 0 Å². The quantitative estimate of drug-likeness (QED) is 0.879. The fraction of sp³-hybridized carbons (Fsp3) is 0.533. The van der Waals surface area contributed by atoms with Gasteiger partial charge in [-0.25, -0.2) is 9.97 Å². The highest BCUT2D eigenvalue weighted by Gasteiger charge is 2.12. The Morgan fingerprint density at radius 2 is 1.90 bits per heavy atom. The number of rotatable bonds is 6. The average Bonchev–Trinajstić information content (AvgIpc) is 2.84. The Balaban J connectivity index is 2.31. The fourth-order valence-corrected chi connectivity index (χ4v) is 2.18. The van der Waals surface area contributed by atoms with E-state index in [1.165, 1.54) is 0 Å². The van der Waals surface area contributed by atoms with Crippen LogP contribution in [0.3, 0.4) is 0 Å². The third-order valence-corrected chi connectivity index (χ3v) is 3.32. The van der Waals surface area contributed by atoms with Gasteiger partial charge in [0.2, 0.25) is 0 Å². The third kappa shape index (κ3) is 3.15. The molecule has 0 amide bonds. The van der Waals surface area contributed by atoms with E-state index >= 15 is 0 Å². The Kier molecular flexibility index (Phi) is 4.71. The van der Waals surface area contributed by atoms with Gasteiger partial charge in [0.05, 0.1) is 23.5 Å². The molecule has 0 aromatic carbocycles. The van der Waals surface area contributed by atoms with Gasteiger partial charge in [-0.05, 0) is 27.2 Å². The fourth-order valence-electron chi connectivity index (χ4n) is 2.18. The van der Waals surface area contributed by atoms with Crippen molar-refractivity contribution < 1.29 is 0 Å². The molecular weight excluding hydrogens is 250 g/mol. The van der Waals surface area contributed by atoms with Crippen molar-refractivity contribution in [1.29, 1.82) is 0 Å². The molecule has 0 spiro atoms. The van der Waals surface area contributed by atoms with Crippen LogP contribution >= 0.6 is 0 Å². The van der Waals surface area contributed by atoms with Crippen LogP contribution in [0.5, 0.6) is 0 Å². The standard InChI is InChI=1S/C15H23N5/c1-5-8-20-9-7-17-14(20)10-13-15(16-6-2)19-12(4)11(3)18-13/h7,9H,5-6,8,10H2,1-4H3,(H,16,19). The van der Waals surface area contributed by atoms with Crippen molar-refractivity contribution in [3.8, 4) is 0 Å². The molecule has 5 heteroatoms. The number of aryl methyl sites for hydroxylation is 3. The summed E-state index contributed by atoms with van der Waals surface area (Å²) in [5, 5.41) is 3.30. The van der Waals surface area contributed by atoms with E-state index in [-0.39, 0.29) is 0 Å². The maximum absolute atomic E-state index is 4.69. The molecule has 0 radical (unpaired) electrons. The molecule has 0 fully saturated rings. The molecule has 0 saturated heterocycles. The zero-order valence-corrected chi connectivity index (χ0v) is 12.8. The van der Waals surface area contributed by atoms with Gasteiger partial charge in [-0.15, -0.1) is 0 Å². The number of anilines is 1. The first-order valence-electron chi connectivity index (χ1n) is 7.23. The Bertz CT molecular complexity index is 574. The zero-order valence-electron chi connectivity index (χ0n) is 12.8. The number of nitrogens with one attached hydrogen (secondary N) is 1. The van der Waals surface area contributed by atoms with Crippen LogP contribution in [0.4, 0.5) is 5.82 Å². The molecule has 5 nitrogen and oxygen atoms in total. The van der Waals surface area contributed by atoms with E-state index in [1.54, 1.807) is 0 Å². The van der Waals surface area contributed by atoms with Crippen LogP contribution in [0.15, 0.2) is 12.4 Å². The summed E-state index contributed by atoms with van der Waals surface area (Å²) >= 11 is 0. The van der Waals surface area contributed by atoms with Crippen LogP contribution in [0.1, 0.15) is 43.2 Å². The lowest BCUT2D eigenvalue weighted by Crippen LogP contribution is -2.11. The van der Waals surface area contributed by atoms with E-state index < -0.39 is 0 Å². The van der Waals surface area contributed by atoms with Crippen molar-refractivity contribution in [3.63, 3.8) is 0 Å². The first-order chi connectivity index (χ1) is 9.65. The topological polar surface area (TPSA) is 55.6 Å². The highest BCUT2D eigenvalue weighted by atomic mass is 15.1.